The smallest absolute Gasteiger partial charge is 0.381 e. The number of hydrogen-bond donors (Lipinski definition) is 0. The number of ether oxygens (including phenoxy) is 2. The van der Waals surface area contributed by atoms with Gasteiger partial charge in [0.25, 0.3) is 0 Å². The SMILES string of the molecule is C=C(C)C(=O)OC(C)C(F)(F)C(=O)OCC. The van der Waals surface area contributed by atoms with Gasteiger partial charge in [-0.3, -0.25) is 0 Å². The Balaban J connectivity index is 4.57. The maximum absolute atomic E-state index is 13.2. The molecule has 0 N–H and O–H groups in total. The zero-order valence-electron chi connectivity index (χ0n) is 9.38. The number of hydrogen-bond acceptors (Lipinski definition) is 4. The molecular formula is C10H14F2O4. The summed E-state index contributed by atoms with van der Waals surface area (Å²) in [7, 11) is 0. The summed E-state index contributed by atoms with van der Waals surface area (Å²) in [5, 5.41) is 0. The van der Waals surface area contributed by atoms with Crippen LogP contribution in [0, 0.1) is 0 Å². The van der Waals surface area contributed by atoms with Crippen LogP contribution in [-0.4, -0.2) is 30.6 Å². The third kappa shape index (κ3) is 3.60. The van der Waals surface area contributed by atoms with E-state index in [2.05, 4.69) is 16.1 Å². The van der Waals surface area contributed by atoms with Crippen LogP contribution in [0.5, 0.6) is 0 Å². The quantitative estimate of drug-likeness (QED) is 0.538. The standard InChI is InChI=1S/C10H14F2O4/c1-5-15-9(14)10(11,12)7(4)16-8(13)6(2)3/h7H,2,5H2,1,3-4H3. The molecule has 1 unspecified atom stereocenters. The maximum atomic E-state index is 13.2. The lowest BCUT2D eigenvalue weighted by atomic mass is 10.2. The van der Waals surface area contributed by atoms with Crippen molar-refractivity contribution in [1.29, 1.82) is 0 Å². The van der Waals surface area contributed by atoms with Crippen molar-refractivity contribution >= 4 is 11.9 Å². The Morgan fingerprint density at radius 1 is 1.44 bits per heavy atom. The number of halogens is 2. The van der Waals surface area contributed by atoms with Gasteiger partial charge < -0.3 is 9.47 Å². The highest BCUT2D eigenvalue weighted by molar-refractivity contribution is 5.87. The Hall–Kier alpha value is -1.46. The fraction of sp³-hybridized carbons (Fsp3) is 0.600. The van der Waals surface area contributed by atoms with Gasteiger partial charge in [0, 0.05) is 5.57 Å². The monoisotopic (exact) mass is 236 g/mol. The molecule has 0 amide bonds. The van der Waals surface area contributed by atoms with Crippen molar-refractivity contribution < 1.29 is 27.8 Å². The van der Waals surface area contributed by atoms with Crippen LogP contribution < -0.4 is 0 Å². The highest BCUT2D eigenvalue weighted by Crippen LogP contribution is 2.23. The molecule has 0 aromatic heterocycles. The molecule has 0 heterocycles. The summed E-state index contributed by atoms with van der Waals surface area (Å²) in [4.78, 5) is 21.8. The summed E-state index contributed by atoms with van der Waals surface area (Å²) in [6.07, 6.45) is -1.89. The lowest BCUT2D eigenvalue weighted by Crippen LogP contribution is -2.43. The molecule has 0 bridgehead atoms. The van der Waals surface area contributed by atoms with Crippen LogP contribution in [0.15, 0.2) is 12.2 Å². The van der Waals surface area contributed by atoms with Crippen molar-refractivity contribution in [3.8, 4) is 0 Å². The third-order valence-corrected chi connectivity index (χ3v) is 1.69. The Morgan fingerprint density at radius 3 is 2.31 bits per heavy atom. The fourth-order valence-electron chi connectivity index (χ4n) is 0.728. The number of carbonyl (C=O) groups is 2. The molecule has 0 fully saturated rings. The first-order valence-corrected chi connectivity index (χ1v) is 4.65. The first-order chi connectivity index (χ1) is 7.23. The largest absolute Gasteiger partial charge is 0.461 e. The second-order valence-electron chi connectivity index (χ2n) is 3.17. The highest BCUT2D eigenvalue weighted by atomic mass is 19.3. The van der Waals surface area contributed by atoms with E-state index in [-0.39, 0.29) is 12.2 Å². The van der Waals surface area contributed by atoms with Crippen LogP contribution in [0.25, 0.3) is 0 Å². The Bertz CT molecular complexity index is 299. The zero-order chi connectivity index (χ0) is 12.9. The molecule has 1 atom stereocenters. The average molecular weight is 236 g/mol. The molecule has 0 aliphatic heterocycles. The molecule has 0 aromatic carbocycles. The van der Waals surface area contributed by atoms with Gasteiger partial charge in [-0.05, 0) is 20.8 Å². The molecule has 0 radical (unpaired) electrons. The fourth-order valence-corrected chi connectivity index (χ4v) is 0.728. The summed E-state index contributed by atoms with van der Waals surface area (Å²) in [6.45, 7) is 6.70. The summed E-state index contributed by atoms with van der Waals surface area (Å²) < 4.78 is 35.0. The molecule has 0 rings (SSSR count). The molecule has 6 heteroatoms. The predicted molar refractivity (Wildman–Crippen MR) is 51.9 cm³/mol. The minimum Gasteiger partial charge on any atom is -0.461 e. The summed E-state index contributed by atoms with van der Waals surface area (Å²) in [6, 6.07) is 0. The van der Waals surface area contributed by atoms with Gasteiger partial charge >= 0.3 is 17.9 Å². The number of alkyl halides is 2. The van der Waals surface area contributed by atoms with E-state index in [1.807, 2.05) is 0 Å². The molecule has 0 aliphatic rings. The van der Waals surface area contributed by atoms with Gasteiger partial charge in [0.15, 0.2) is 6.10 Å². The average Bonchev–Trinajstić information content (AvgIpc) is 2.17. The Morgan fingerprint density at radius 2 is 1.94 bits per heavy atom. The van der Waals surface area contributed by atoms with Crippen LogP contribution in [-0.2, 0) is 19.1 Å². The maximum Gasteiger partial charge on any atom is 0.381 e. The molecule has 4 nitrogen and oxygen atoms in total. The van der Waals surface area contributed by atoms with E-state index in [1.165, 1.54) is 13.8 Å². The van der Waals surface area contributed by atoms with Crippen LogP contribution >= 0.6 is 0 Å². The van der Waals surface area contributed by atoms with E-state index < -0.39 is 24.0 Å². The van der Waals surface area contributed by atoms with E-state index in [0.29, 0.717) is 0 Å². The topological polar surface area (TPSA) is 52.6 Å². The summed E-state index contributed by atoms with van der Waals surface area (Å²) >= 11 is 0. The predicted octanol–water partition coefficient (Wildman–Crippen LogP) is 1.69. The minimum atomic E-state index is -3.86. The molecule has 0 saturated carbocycles. The molecule has 0 spiro atoms. The van der Waals surface area contributed by atoms with Crippen LogP contribution in [0.3, 0.4) is 0 Å². The highest BCUT2D eigenvalue weighted by Gasteiger charge is 2.48. The van der Waals surface area contributed by atoms with Crippen molar-refractivity contribution in [2.75, 3.05) is 6.61 Å². The molecule has 0 aliphatic carbocycles. The van der Waals surface area contributed by atoms with Crippen molar-refractivity contribution in [1.82, 2.24) is 0 Å². The van der Waals surface area contributed by atoms with Gasteiger partial charge in [0.05, 0.1) is 6.61 Å². The van der Waals surface area contributed by atoms with Crippen molar-refractivity contribution in [2.45, 2.75) is 32.8 Å². The van der Waals surface area contributed by atoms with E-state index in [9.17, 15) is 18.4 Å². The molecular weight excluding hydrogens is 222 g/mol. The van der Waals surface area contributed by atoms with Crippen molar-refractivity contribution in [2.24, 2.45) is 0 Å². The molecule has 16 heavy (non-hydrogen) atoms. The van der Waals surface area contributed by atoms with Gasteiger partial charge in [-0.25, -0.2) is 9.59 Å². The first-order valence-electron chi connectivity index (χ1n) is 4.65. The number of carbonyl (C=O) groups excluding carboxylic acids is 2. The van der Waals surface area contributed by atoms with Crippen molar-refractivity contribution in [3.63, 3.8) is 0 Å². The molecule has 92 valence electrons. The van der Waals surface area contributed by atoms with E-state index in [0.717, 1.165) is 6.92 Å². The van der Waals surface area contributed by atoms with E-state index >= 15 is 0 Å². The zero-order valence-corrected chi connectivity index (χ0v) is 9.38. The minimum absolute atomic E-state index is 0.0218. The normalized spacial score (nSPS) is 12.8. The second kappa shape index (κ2) is 5.58. The van der Waals surface area contributed by atoms with Gasteiger partial charge in [-0.1, -0.05) is 6.58 Å². The number of rotatable bonds is 5. The van der Waals surface area contributed by atoms with Gasteiger partial charge in [0.2, 0.25) is 0 Å². The Labute approximate surface area is 92.2 Å². The van der Waals surface area contributed by atoms with Gasteiger partial charge in [0.1, 0.15) is 0 Å². The Kier molecular flexibility index (Phi) is 5.07. The van der Waals surface area contributed by atoms with Crippen LogP contribution in [0.4, 0.5) is 8.78 Å². The van der Waals surface area contributed by atoms with E-state index in [1.54, 1.807) is 0 Å². The summed E-state index contributed by atoms with van der Waals surface area (Å²) in [5.74, 6) is -6.55. The number of esters is 2. The van der Waals surface area contributed by atoms with Gasteiger partial charge in [-0.15, -0.1) is 0 Å². The molecule has 0 saturated heterocycles. The first kappa shape index (κ1) is 14.5. The van der Waals surface area contributed by atoms with Crippen LogP contribution in [0.2, 0.25) is 0 Å². The summed E-state index contributed by atoms with van der Waals surface area (Å²) in [5.41, 5.74) is -0.0218. The van der Waals surface area contributed by atoms with Crippen molar-refractivity contribution in [3.05, 3.63) is 12.2 Å². The second-order valence-corrected chi connectivity index (χ2v) is 3.17. The third-order valence-electron chi connectivity index (χ3n) is 1.69. The van der Waals surface area contributed by atoms with E-state index in [4.69, 9.17) is 0 Å². The van der Waals surface area contributed by atoms with Crippen LogP contribution in [0.1, 0.15) is 20.8 Å². The molecule has 0 aromatic rings. The van der Waals surface area contributed by atoms with Gasteiger partial charge in [-0.2, -0.15) is 8.78 Å². The lowest BCUT2D eigenvalue weighted by molar-refractivity contribution is -0.194. The lowest BCUT2D eigenvalue weighted by Gasteiger charge is -2.21.